The molecule has 314 valence electrons. The van der Waals surface area contributed by atoms with Crippen molar-refractivity contribution in [3.63, 3.8) is 0 Å². The monoisotopic (exact) mass is 782 g/mol. The molecule has 1 unspecified atom stereocenters. The van der Waals surface area contributed by atoms with E-state index in [1.165, 1.54) is 83.5 Å². The fraction of sp³-hybridized carbons (Fsp3) is 0.773. The Morgan fingerprint density at radius 3 is 1.54 bits per heavy atom. The predicted molar refractivity (Wildman–Crippen MR) is 222 cm³/mol. The van der Waals surface area contributed by atoms with Crippen molar-refractivity contribution in [3.8, 4) is 0 Å². The van der Waals surface area contributed by atoms with Crippen LogP contribution in [0.5, 0.6) is 0 Å². The van der Waals surface area contributed by atoms with Crippen molar-refractivity contribution >= 4 is 19.8 Å². The second-order valence-electron chi connectivity index (χ2n) is 15.4. The van der Waals surface area contributed by atoms with Crippen LogP contribution in [0.3, 0.4) is 0 Å². The van der Waals surface area contributed by atoms with Gasteiger partial charge in [0.15, 0.2) is 6.10 Å². The van der Waals surface area contributed by atoms with Crippen LogP contribution in [0.1, 0.15) is 168 Å². The van der Waals surface area contributed by atoms with Crippen LogP contribution < -0.4 is 4.89 Å². The maximum atomic E-state index is 12.6. The van der Waals surface area contributed by atoms with Crippen LogP contribution in [-0.4, -0.2) is 70.0 Å². The number of likely N-dealkylation sites (N-methyl/N-ethyl adjacent to an activating group) is 1. The minimum atomic E-state index is -4.63. The number of esters is 2. The van der Waals surface area contributed by atoms with Crippen molar-refractivity contribution in [2.24, 2.45) is 0 Å². The first-order valence-corrected chi connectivity index (χ1v) is 22.8. The molecule has 0 aromatic heterocycles. The standard InChI is InChI=1S/C44H80NO8P/c1-6-8-10-12-14-16-18-20-21-22-23-25-26-28-30-32-34-36-43(46)50-40-42(41-52-54(48,49)51-39-38-45(3,4)5)53-44(47)37-35-33-31-29-27-24-19-17-15-13-11-9-7-2/h14,16,20-21,23,25,28,30,42H,6-13,15,17-19,22,24,26-27,29,31-41H2,1-5H3/b16-14+,21-20+,25-23+,30-28+/t42-/m1/s1. The number of quaternary nitrogens is 1. The van der Waals surface area contributed by atoms with E-state index in [9.17, 15) is 19.0 Å². The SMILES string of the molecule is CCCCC/C=C/C/C=C/C/C=C/C/C=C/CCCC(=O)OC[C@H](COP(=O)([O-])OCC[N+](C)(C)C)OC(=O)CCCCCCCCCCCCCCC. The Morgan fingerprint density at radius 2 is 1.02 bits per heavy atom. The van der Waals surface area contributed by atoms with Gasteiger partial charge < -0.3 is 27.9 Å². The van der Waals surface area contributed by atoms with Gasteiger partial charge in [-0.25, -0.2) is 0 Å². The molecule has 0 bridgehead atoms. The van der Waals surface area contributed by atoms with Crippen molar-refractivity contribution in [1.29, 1.82) is 0 Å². The third-order valence-electron chi connectivity index (χ3n) is 8.85. The lowest BCUT2D eigenvalue weighted by Gasteiger charge is -2.28. The summed E-state index contributed by atoms with van der Waals surface area (Å²) < 4.78 is 33.8. The molecule has 0 aromatic carbocycles. The lowest BCUT2D eigenvalue weighted by atomic mass is 10.0. The van der Waals surface area contributed by atoms with Crippen molar-refractivity contribution in [1.82, 2.24) is 0 Å². The Labute approximate surface area is 331 Å². The summed E-state index contributed by atoms with van der Waals surface area (Å²) in [7, 11) is 1.13. The smallest absolute Gasteiger partial charge is 0.306 e. The van der Waals surface area contributed by atoms with Crippen LogP contribution in [0.4, 0.5) is 0 Å². The van der Waals surface area contributed by atoms with Crippen molar-refractivity contribution in [2.75, 3.05) is 47.5 Å². The molecule has 0 rings (SSSR count). The molecule has 0 fully saturated rings. The molecule has 0 aliphatic heterocycles. The zero-order valence-electron chi connectivity index (χ0n) is 35.2. The molecule has 0 spiro atoms. The van der Waals surface area contributed by atoms with Crippen molar-refractivity contribution in [3.05, 3.63) is 48.6 Å². The fourth-order valence-corrected chi connectivity index (χ4v) is 6.20. The van der Waals surface area contributed by atoms with Crippen LogP contribution in [0, 0.1) is 0 Å². The highest BCUT2D eigenvalue weighted by Gasteiger charge is 2.21. The molecule has 0 N–H and O–H groups in total. The zero-order valence-corrected chi connectivity index (χ0v) is 36.0. The van der Waals surface area contributed by atoms with E-state index >= 15 is 0 Å². The Bertz CT molecular complexity index is 1070. The van der Waals surface area contributed by atoms with Gasteiger partial charge in [-0.3, -0.25) is 14.2 Å². The highest BCUT2D eigenvalue weighted by atomic mass is 31.2. The Balaban J connectivity index is 4.47. The zero-order chi connectivity index (χ0) is 40.0. The first kappa shape index (κ1) is 52.0. The Hall–Kier alpha value is -2.03. The second-order valence-corrected chi connectivity index (χ2v) is 16.8. The van der Waals surface area contributed by atoms with Crippen LogP contribution in [0.2, 0.25) is 0 Å². The number of nitrogens with zero attached hydrogens (tertiary/aromatic N) is 1. The lowest BCUT2D eigenvalue weighted by molar-refractivity contribution is -0.870. The third-order valence-corrected chi connectivity index (χ3v) is 9.82. The summed E-state index contributed by atoms with van der Waals surface area (Å²) in [4.78, 5) is 37.4. The van der Waals surface area contributed by atoms with Crippen molar-refractivity contribution in [2.45, 2.75) is 174 Å². The quantitative estimate of drug-likeness (QED) is 0.0200. The fourth-order valence-electron chi connectivity index (χ4n) is 5.47. The molecule has 0 aromatic rings. The molecule has 0 saturated carbocycles. The summed E-state index contributed by atoms with van der Waals surface area (Å²) >= 11 is 0. The number of ether oxygens (including phenoxy) is 2. The molecule has 0 aliphatic rings. The summed E-state index contributed by atoms with van der Waals surface area (Å²) in [5.41, 5.74) is 0. The topological polar surface area (TPSA) is 111 Å². The van der Waals surface area contributed by atoms with Gasteiger partial charge in [0.1, 0.15) is 19.8 Å². The van der Waals surface area contributed by atoms with Crippen molar-refractivity contribution < 1.29 is 42.1 Å². The number of unbranched alkanes of at least 4 members (excludes halogenated alkanes) is 16. The Morgan fingerprint density at radius 1 is 0.574 bits per heavy atom. The van der Waals surface area contributed by atoms with Gasteiger partial charge in [-0.15, -0.1) is 0 Å². The summed E-state index contributed by atoms with van der Waals surface area (Å²) in [6.07, 6.45) is 41.4. The number of hydrogen-bond acceptors (Lipinski definition) is 8. The molecular formula is C44H80NO8P. The maximum Gasteiger partial charge on any atom is 0.306 e. The van der Waals surface area contributed by atoms with Gasteiger partial charge in [0.25, 0.3) is 7.82 Å². The average Bonchev–Trinajstić information content (AvgIpc) is 3.12. The number of phosphoric ester groups is 1. The normalized spacial score (nSPS) is 14.1. The maximum absolute atomic E-state index is 12.6. The average molecular weight is 782 g/mol. The minimum absolute atomic E-state index is 0.0395. The molecule has 54 heavy (non-hydrogen) atoms. The minimum Gasteiger partial charge on any atom is -0.756 e. The number of hydrogen-bond donors (Lipinski definition) is 0. The predicted octanol–water partition coefficient (Wildman–Crippen LogP) is 11.3. The number of phosphoric acid groups is 1. The molecule has 9 nitrogen and oxygen atoms in total. The molecule has 0 aliphatic carbocycles. The van der Waals surface area contributed by atoms with E-state index in [1.54, 1.807) is 0 Å². The molecule has 2 atom stereocenters. The van der Waals surface area contributed by atoms with E-state index in [2.05, 4.69) is 62.5 Å². The second kappa shape index (κ2) is 36.6. The van der Waals surface area contributed by atoms with E-state index in [0.29, 0.717) is 23.9 Å². The molecule has 0 heterocycles. The number of carbonyl (C=O) groups is 2. The third kappa shape index (κ3) is 39.7. The van der Waals surface area contributed by atoms with E-state index in [1.807, 2.05) is 21.1 Å². The van der Waals surface area contributed by atoms with Crippen LogP contribution in [-0.2, 0) is 32.7 Å². The highest BCUT2D eigenvalue weighted by Crippen LogP contribution is 2.38. The largest absolute Gasteiger partial charge is 0.756 e. The number of carbonyl (C=O) groups excluding carboxylic acids is 2. The summed E-state index contributed by atoms with van der Waals surface area (Å²) in [5, 5.41) is 0. The molecule has 0 radical (unpaired) electrons. The molecule has 0 amide bonds. The van der Waals surface area contributed by atoms with Gasteiger partial charge >= 0.3 is 11.9 Å². The summed E-state index contributed by atoms with van der Waals surface area (Å²) in [6, 6.07) is 0. The highest BCUT2D eigenvalue weighted by molar-refractivity contribution is 7.45. The van der Waals surface area contributed by atoms with Gasteiger partial charge in [0.05, 0.1) is 27.7 Å². The first-order chi connectivity index (χ1) is 26.0. The van der Waals surface area contributed by atoms with E-state index in [-0.39, 0.29) is 26.1 Å². The molecule has 10 heteroatoms. The van der Waals surface area contributed by atoms with Crippen LogP contribution in [0.15, 0.2) is 48.6 Å². The van der Waals surface area contributed by atoms with Gasteiger partial charge in [0, 0.05) is 12.8 Å². The number of rotatable bonds is 38. The van der Waals surface area contributed by atoms with Crippen LogP contribution >= 0.6 is 7.82 Å². The van der Waals surface area contributed by atoms with Crippen LogP contribution in [0.25, 0.3) is 0 Å². The summed E-state index contributed by atoms with van der Waals surface area (Å²) in [6.45, 7) is 4.13. The van der Waals surface area contributed by atoms with E-state index < -0.39 is 32.5 Å². The molecule has 0 saturated heterocycles. The first-order valence-electron chi connectivity index (χ1n) is 21.3. The van der Waals surface area contributed by atoms with E-state index in [0.717, 1.165) is 44.9 Å². The van der Waals surface area contributed by atoms with Gasteiger partial charge in [-0.2, -0.15) is 0 Å². The summed E-state index contributed by atoms with van der Waals surface area (Å²) in [5.74, 6) is -0.900. The van der Waals surface area contributed by atoms with Gasteiger partial charge in [0.2, 0.25) is 0 Å². The number of allylic oxidation sites excluding steroid dienone is 8. The van der Waals surface area contributed by atoms with Gasteiger partial charge in [-0.05, 0) is 51.4 Å². The Kier molecular flexibility index (Phi) is 35.2. The molecular weight excluding hydrogens is 701 g/mol. The van der Waals surface area contributed by atoms with E-state index in [4.69, 9.17) is 18.5 Å². The lowest BCUT2D eigenvalue weighted by Crippen LogP contribution is -2.37. The van der Waals surface area contributed by atoms with Gasteiger partial charge in [-0.1, -0.05) is 152 Å².